The Bertz CT molecular complexity index is 728. The van der Waals surface area contributed by atoms with Crippen LogP contribution in [0.15, 0.2) is 18.2 Å². The maximum absolute atomic E-state index is 12.6. The standard InChI is InChI=1S/C18H25F3O3S/c1-5-14-8-9-15(24-25(22,23)18(19,20)21)11-16(14)17(4)10-6-7-12(2)13(17)3/h8-9,11-13H,5-7,10H2,1-4H3/t12-,13-,17?/m0/s1. The zero-order chi connectivity index (χ0) is 19.0. The van der Waals surface area contributed by atoms with Crippen molar-refractivity contribution in [2.75, 3.05) is 0 Å². The van der Waals surface area contributed by atoms with Gasteiger partial charge < -0.3 is 4.18 Å². The third-order valence-electron chi connectivity index (χ3n) is 5.78. The van der Waals surface area contributed by atoms with Crippen molar-refractivity contribution < 1.29 is 25.8 Å². The Hall–Kier alpha value is -1.24. The van der Waals surface area contributed by atoms with Gasteiger partial charge in [0.15, 0.2) is 0 Å². The molecule has 0 heterocycles. The maximum Gasteiger partial charge on any atom is 0.534 e. The van der Waals surface area contributed by atoms with Crippen LogP contribution >= 0.6 is 0 Å². The predicted molar refractivity (Wildman–Crippen MR) is 91.0 cm³/mol. The van der Waals surface area contributed by atoms with Crippen LogP contribution in [0.25, 0.3) is 0 Å². The van der Waals surface area contributed by atoms with Crippen molar-refractivity contribution in [3.8, 4) is 5.75 Å². The van der Waals surface area contributed by atoms with Crippen LogP contribution in [-0.4, -0.2) is 13.9 Å². The number of halogens is 3. The van der Waals surface area contributed by atoms with E-state index in [1.807, 2.05) is 6.92 Å². The Morgan fingerprint density at radius 2 is 1.92 bits per heavy atom. The van der Waals surface area contributed by atoms with E-state index in [-0.39, 0.29) is 11.2 Å². The van der Waals surface area contributed by atoms with Crippen molar-refractivity contribution in [1.29, 1.82) is 0 Å². The van der Waals surface area contributed by atoms with Crippen molar-refractivity contribution in [3.63, 3.8) is 0 Å². The lowest BCUT2D eigenvalue weighted by Gasteiger charge is -2.45. The summed E-state index contributed by atoms with van der Waals surface area (Å²) < 4.78 is 64.8. The highest BCUT2D eigenvalue weighted by molar-refractivity contribution is 7.88. The minimum atomic E-state index is -5.66. The molecule has 0 aromatic heterocycles. The highest BCUT2D eigenvalue weighted by Gasteiger charge is 2.49. The molecule has 1 aromatic rings. The first kappa shape index (κ1) is 20.1. The number of hydrogen-bond donors (Lipinski definition) is 0. The van der Waals surface area contributed by atoms with Crippen molar-refractivity contribution in [3.05, 3.63) is 29.3 Å². The van der Waals surface area contributed by atoms with Gasteiger partial charge in [0, 0.05) is 0 Å². The highest BCUT2D eigenvalue weighted by Crippen LogP contribution is 2.48. The summed E-state index contributed by atoms with van der Waals surface area (Å²) in [6, 6.07) is 4.45. The summed E-state index contributed by atoms with van der Waals surface area (Å²) in [6.07, 6.45) is 3.80. The van der Waals surface area contributed by atoms with Crippen LogP contribution in [0.3, 0.4) is 0 Å². The van der Waals surface area contributed by atoms with E-state index >= 15 is 0 Å². The number of alkyl halides is 3. The van der Waals surface area contributed by atoms with E-state index in [2.05, 4.69) is 25.0 Å². The molecule has 1 unspecified atom stereocenters. The lowest BCUT2D eigenvalue weighted by atomic mass is 9.60. The molecule has 1 saturated carbocycles. The summed E-state index contributed by atoms with van der Waals surface area (Å²) in [5, 5.41) is 0. The lowest BCUT2D eigenvalue weighted by Crippen LogP contribution is -2.38. The smallest absolute Gasteiger partial charge is 0.376 e. The monoisotopic (exact) mass is 378 g/mol. The average Bonchev–Trinajstić information content (AvgIpc) is 2.51. The fraction of sp³-hybridized carbons (Fsp3) is 0.667. The van der Waals surface area contributed by atoms with Gasteiger partial charge in [0.05, 0.1) is 0 Å². The SMILES string of the molecule is CCc1ccc(OS(=O)(=O)C(F)(F)F)cc1C1(C)CCC[C@H](C)[C@@H]1C. The molecule has 0 bridgehead atoms. The van der Waals surface area contributed by atoms with Crippen LogP contribution in [-0.2, 0) is 22.0 Å². The van der Waals surface area contributed by atoms with E-state index < -0.39 is 15.6 Å². The third-order valence-corrected chi connectivity index (χ3v) is 6.76. The van der Waals surface area contributed by atoms with Gasteiger partial charge in [-0.25, -0.2) is 0 Å². The summed E-state index contributed by atoms with van der Waals surface area (Å²) in [6.45, 7) is 8.43. The fourth-order valence-corrected chi connectivity index (χ4v) is 4.35. The summed E-state index contributed by atoms with van der Waals surface area (Å²) in [5.74, 6) is 0.545. The average molecular weight is 378 g/mol. The molecule has 1 aromatic carbocycles. The Morgan fingerprint density at radius 3 is 2.48 bits per heavy atom. The van der Waals surface area contributed by atoms with Crippen LogP contribution in [0.4, 0.5) is 13.2 Å². The number of aryl methyl sites for hydroxylation is 1. The van der Waals surface area contributed by atoms with Gasteiger partial charge in [-0.3, -0.25) is 0 Å². The summed E-state index contributed by atoms with van der Waals surface area (Å²) in [4.78, 5) is 0. The molecule has 0 amide bonds. The summed E-state index contributed by atoms with van der Waals surface area (Å²) in [5.41, 5.74) is -3.75. The van der Waals surface area contributed by atoms with E-state index in [1.165, 1.54) is 12.1 Å². The molecule has 1 fully saturated rings. The van der Waals surface area contributed by atoms with Crippen molar-refractivity contribution in [2.45, 2.75) is 64.3 Å². The highest BCUT2D eigenvalue weighted by atomic mass is 32.2. The molecular formula is C18H25F3O3S. The minimum Gasteiger partial charge on any atom is -0.376 e. The molecule has 0 aliphatic heterocycles. The maximum atomic E-state index is 12.6. The molecule has 25 heavy (non-hydrogen) atoms. The number of benzene rings is 1. The van der Waals surface area contributed by atoms with Crippen LogP contribution in [0.1, 0.15) is 58.1 Å². The first-order chi connectivity index (χ1) is 11.4. The second kappa shape index (κ2) is 6.82. The molecule has 2 rings (SSSR count). The van der Waals surface area contributed by atoms with Crippen LogP contribution in [0, 0.1) is 11.8 Å². The number of rotatable bonds is 4. The molecule has 7 heteroatoms. The molecule has 0 N–H and O–H groups in total. The van der Waals surface area contributed by atoms with E-state index in [1.54, 1.807) is 6.07 Å². The Kier molecular flexibility index (Phi) is 5.47. The van der Waals surface area contributed by atoms with Crippen LogP contribution in [0.5, 0.6) is 5.75 Å². The lowest BCUT2D eigenvalue weighted by molar-refractivity contribution is -0.0500. The molecular weight excluding hydrogens is 353 g/mol. The van der Waals surface area contributed by atoms with Gasteiger partial charge in [-0.15, -0.1) is 0 Å². The van der Waals surface area contributed by atoms with Gasteiger partial charge in [-0.2, -0.15) is 21.6 Å². The van der Waals surface area contributed by atoms with E-state index in [0.717, 1.165) is 36.8 Å². The van der Waals surface area contributed by atoms with Crippen molar-refractivity contribution >= 4 is 10.1 Å². The summed E-state index contributed by atoms with van der Waals surface area (Å²) in [7, 11) is -5.66. The van der Waals surface area contributed by atoms with E-state index in [0.29, 0.717) is 11.8 Å². The van der Waals surface area contributed by atoms with E-state index in [4.69, 9.17) is 0 Å². The zero-order valence-corrected chi connectivity index (χ0v) is 15.8. The Morgan fingerprint density at radius 1 is 1.28 bits per heavy atom. The first-order valence-electron chi connectivity index (χ1n) is 8.56. The molecule has 3 atom stereocenters. The van der Waals surface area contributed by atoms with Gasteiger partial charge >= 0.3 is 15.6 Å². The minimum absolute atomic E-state index is 0.218. The van der Waals surface area contributed by atoms with Gasteiger partial charge in [-0.05, 0) is 53.4 Å². The first-order valence-corrected chi connectivity index (χ1v) is 9.97. The molecule has 142 valence electrons. The third kappa shape index (κ3) is 3.81. The van der Waals surface area contributed by atoms with Gasteiger partial charge in [0.1, 0.15) is 5.75 Å². The molecule has 3 nitrogen and oxygen atoms in total. The largest absolute Gasteiger partial charge is 0.534 e. The molecule has 0 radical (unpaired) electrons. The van der Waals surface area contributed by atoms with Crippen LogP contribution < -0.4 is 4.18 Å². The summed E-state index contributed by atoms with van der Waals surface area (Å²) >= 11 is 0. The quantitative estimate of drug-likeness (QED) is 0.535. The molecule has 0 spiro atoms. The van der Waals surface area contributed by atoms with Crippen LogP contribution in [0.2, 0.25) is 0 Å². The van der Waals surface area contributed by atoms with Gasteiger partial charge in [-0.1, -0.05) is 46.6 Å². The Balaban J connectivity index is 2.48. The van der Waals surface area contributed by atoms with Crippen molar-refractivity contribution in [1.82, 2.24) is 0 Å². The normalized spacial score (nSPS) is 28.0. The van der Waals surface area contributed by atoms with Gasteiger partial charge in [0.25, 0.3) is 0 Å². The second-order valence-corrected chi connectivity index (χ2v) is 8.77. The zero-order valence-electron chi connectivity index (χ0n) is 15.0. The number of hydrogen-bond acceptors (Lipinski definition) is 3. The predicted octanol–water partition coefficient (Wildman–Crippen LogP) is 5.19. The topological polar surface area (TPSA) is 43.4 Å². The molecule has 1 aliphatic rings. The van der Waals surface area contributed by atoms with E-state index in [9.17, 15) is 21.6 Å². The van der Waals surface area contributed by atoms with Crippen molar-refractivity contribution in [2.24, 2.45) is 11.8 Å². The second-order valence-electron chi connectivity index (χ2n) is 7.23. The Labute approximate surface area is 147 Å². The molecule has 1 aliphatic carbocycles. The molecule has 0 saturated heterocycles. The fourth-order valence-electron chi connectivity index (χ4n) is 3.90. The van der Waals surface area contributed by atoms with Gasteiger partial charge in [0.2, 0.25) is 0 Å².